The Morgan fingerprint density at radius 1 is 1.27 bits per heavy atom. The van der Waals surface area contributed by atoms with Gasteiger partial charge in [-0.2, -0.15) is 5.10 Å². The molecule has 1 aromatic heterocycles. The van der Waals surface area contributed by atoms with Gasteiger partial charge in [-0.3, -0.25) is 9.58 Å². The Kier molecular flexibility index (Phi) is 4.03. The van der Waals surface area contributed by atoms with E-state index in [-0.39, 0.29) is 0 Å². The van der Waals surface area contributed by atoms with Crippen LogP contribution >= 0.6 is 0 Å². The number of anilines is 1. The van der Waals surface area contributed by atoms with Gasteiger partial charge in [0, 0.05) is 30.8 Å². The van der Waals surface area contributed by atoms with Crippen molar-refractivity contribution in [3.05, 3.63) is 34.9 Å². The molecule has 0 spiro atoms. The van der Waals surface area contributed by atoms with Crippen molar-refractivity contribution in [2.45, 2.75) is 45.0 Å². The first kappa shape index (κ1) is 16.4. The van der Waals surface area contributed by atoms with Crippen LogP contribution in [0.1, 0.15) is 37.1 Å². The third-order valence-corrected chi connectivity index (χ3v) is 5.84. The van der Waals surface area contributed by atoms with E-state index in [1.165, 1.54) is 17.0 Å². The quantitative estimate of drug-likeness (QED) is 0.885. The summed E-state index contributed by atoms with van der Waals surface area (Å²) in [5, 5.41) is 15.2. The number of ether oxygens (including phenoxy) is 2. The van der Waals surface area contributed by atoms with Crippen molar-refractivity contribution in [2.75, 3.05) is 37.8 Å². The van der Waals surface area contributed by atoms with Gasteiger partial charge in [0.15, 0.2) is 5.82 Å². The van der Waals surface area contributed by atoms with Crippen LogP contribution in [-0.4, -0.2) is 58.9 Å². The van der Waals surface area contributed by atoms with Gasteiger partial charge in [0.2, 0.25) is 0 Å². The number of rotatable bonds is 3. The lowest BCUT2D eigenvalue weighted by Crippen LogP contribution is -2.40. The Bertz CT molecular complexity index is 763. The first-order valence-electron chi connectivity index (χ1n) is 9.62. The zero-order chi connectivity index (χ0) is 17.7. The van der Waals surface area contributed by atoms with Crippen molar-refractivity contribution in [3.8, 4) is 0 Å². The van der Waals surface area contributed by atoms with E-state index in [1.807, 2.05) is 6.92 Å². The molecule has 4 heterocycles. The number of aromatic nitrogens is 2. The number of aliphatic hydroxyl groups excluding tert-OH is 1. The normalized spacial score (nSPS) is 24.8. The molecule has 1 N–H and O–H groups in total. The number of fused-ring (bicyclic) bond motifs is 1. The summed E-state index contributed by atoms with van der Waals surface area (Å²) in [6.45, 7) is 6.44. The maximum Gasteiger partial charge on any atom is 0.159 e. The predicted octanol–water partition coefficient (Wildman–Crippen LogP) is 1.55. The molecule has 1 saturated heterocycles. The van der Waals surface area contributed by atoms with E-state index in [0.717, 1.165) is 63.7 Å². The fraction of sp³-hybridized carbons (Fsp3) is 0.632. The number of aliphatic hydroxyl groups is 1. The SMILES string of the molecule is CC(O)N1CCc2c(c(N3CCOC4=C3CCC=C4)nn2C2COC2)C1. The van der Waals surface area contributed by atoms with Crippen LogP contribution in [-0.2, 0) is 22.4 Å². The smallest absolute Gasteiger partial charge is 0.159 e. The number of hydrogen-bond donors (Lipinski definition) is 1. The minimum absolute atomic E-state index is 0.344. The lowest BCUT2D eigenvalue weighted by atomic mass is 10.0. The summed E-state index contributed by atoms with van der Waals surface area (Å²) < 4.78 is 13.5. The summed E-state index contributed by atoms with van der Waals surface area (Å²) in [5.74, 6) is 2.03. The molecule has 3 aliphatic heterocycles. The number of nitrogens with zero attached hydrogens (tertiary/aromatic N) is 4. The van der Waals surface area contributed by atoms with Crippen molar-refractivity contribution in [1.82, 2.24) is 14.7 Å². The summed E-state index contributed by atoms with van der Waals surface area (Å²) >= 11 is 0. The van der Waals surface area contributed by atoms with Gasteiger partial charge in [-0.15, -0.1) is 0 Å². The number of allylic oxidation sites excluding steroid dienone is 3. The monoisotopic (exact) mass is 358 g/mol. The molecule has 0 radical (unpaired) electrons. The second-order valence-corrected chi connectivity index (χ2v) is 7.49. The Balaban J connectivity index is 1.58. The summed E-state index contributed by atoms with van der Waals surface area (Å²) in [4.78, 5) is 4.47. The van der Waals surface area contributed by atoms with E-state index in [0.29, 0.717) is 12.6 Å². The molecule has 0 amide bonds. The van der Waals surface area contributed by atoms with Crippen LogP contribution in [0, 0.1) is 0 Å². The molecule has 7 nitrogen and oxygen atoms in total. The Morgan fingerprint density at radius 2 is 2.15 bits per heavy atom. The molecule has 0 saturated carbocycles. The van der Waals surface area contributed by atoms with Crippen LogP contribution in [0.25, 0.3) is 0 Å². The van der Waals surface area contributed by atoms with Crippen molar-refractivity contribution in [3.63, 3.8) is 0 Å². The summed E-state index contributed by atoms with van der Waals surface area (Å²) in [6, 6.07) is 0.344. The molecule has 26 heavy (non-hydrogen) atoms. The first-order chi connectivity index (χ1) is 12.7. The summed E-state index contributed by atoms with van der Waals surface area (Å²) in [5.41, 5.74) is 3.81. The molecule has 0 bridgehead atoms. The molecule has 5 rings (SSSR count). The average molecular weight is 358 g/mol. The molecule has 1 aromatic rings. The van der Waals surface area contributed by atoms with Gasteiger partial charge < -0.3 is 19.5 Å². The zero-order valence-corrected chi connectivity index (χ0v) is 15.2. The topological polar surface area (TPSA) is 63.0 Å². The molecule has 1 unspecified atom stereocenters. The molecule has 1 atom stereocenters. The fourth-order valence-electron chi connectivity index (χ4n) is 4.30. The van der Waals surface area contributed by atoms with E-state index in [4.69, 9.17) is 14.6 Å². The highest BCUT2D eigenvalue weighted by Crippen LogP contribution is 2.37. The Hall–Kier alpha value is -1.83. The molecule has 1 aliphatic carbocycles. The van der Waals surface area contributed by atoms with E-state index in [1.54, 1.807) is 0 Å². The van der Waals surface area contributed by atoms with Crippen molar-refractivity contribution >= 4 is 5.82 Å². The Morgan fingerprint density at radius 3 is 2.92 bits per heavy atom. The lowest BCUT2D eigenvalue weighted by molar-refractivity contribution is -0.0314. The minimum Gasteiger partial charge on any atom is -0.490 e. The molecule has 140 valence electrons. The minimum atomic E-state index is -0.441. The molecule has 0 aromatic carbocycles. The van der Waals surface area contributed by atoms with Crippen molar-refractivity contribution in [1.29, 1.82) is 0 Å². The highest BCUT2D eigenvalue weighted by Gasteiger charge is 2.35. The van der Waals surface area contributed by atoms with Crippen molar-refractivity contribution < 1.29 is 14.6 Å². The van der Waals surface area contributed by atoms with Crippen LogP contribution < -0.4 is 4.90 Å². The third kappa shape index (κ3) is 2.57. The van der Waals surface area contributed by atoms with E-state index >= 15 is 0 Å². The van der Waals surface area contributed by atoms with Gasteiger partial charge in [-0.25, -0.2) is 0 Å². The predicted molar refractivity (Wildman–Crippen MR) is 96.6 cm³/mol. The van der Waals surface area contributed by atoms with Crippen LogP contribution in [0.2, 0.25) is 0 Å². The maximum absolute atomic E-state index is 10.1. The van der Waals surface area contributed by atoms with Gasteiger partial charge in [0.25, 0.3) is 0 Å². The lowest BCUT2D eigenvalue weighted by Gasteiger charge is -2.35. The number of hydrogen-bond acceptors (Lipinski definition) is 6. The van der Waals surface area contributed by atoms with Crippen molar-refractivity contribution in [2.24, 2.45) is 0 Å². The third-order valence-electron chi connectivity index (χ3n) is 5.84. The van der Waals surface area contributed by atoms with E-state index < -0.39 is 6.23 Å². The first-order valence-corrected chi connectivity index (χ1v) is 9.62. The van der Waals surface area contributed by atoms with Crippen LogP contribution in [0.3, 0.4) is 0 Å². The maximum atomic E-state index is 10.1. The van der Waals surface area contributed by atoms with Gasteiger partial charge in [-0.1, -0.05) is 6.08 Å². The summed E-state index contributed by atoms with van der Waals surface area (Å²) in [6.07, 6.45) is 6.77. The largest absolute Gasteiger partial charge is 0.490 e. The van der Waals surface area contributed by atoms with Crippen LogP contribution in [0.5, 0.6) is 0 Å². The molecule has 4 aliphatic rings. The second-order valence-electron chi connectivity index (χ2n) is 7.49. The molecule has 1 fully saturated rings. The highest BCUT2D eigenvalue weighted by atomic mass is 16.5. The van der Waals surface area contributed by atoms with Crippen LogP contribution in [0.4, 0.5) is 5.82 Å². The standard InChI is InChI=1S/C19H26N4O3/c1-13(24)21-7-6-16-15(10-21)19(20-23(16)14-11-25-12-14)22-8-9-26-18-5-3-2-4-17(18)22/h3,5,13-14,24H,2,4,6-12H2,1H3. The second kappa shape index (κ2) is 6.40. The van der Waals surface area contributed by atoms with Gasteiger partial charge in [-0.05, 0) is 25.8 Å². The van der Waals surface area contributed by atoms with E-state index in [9.17, 15) is 5.11 Å². The van der Waals surface area contributed by atoms with Gasteiger partial charge >= 0.3 is 0 Å². The fourth-order valence-corrected chi connectivity index (χ4v) is 4.30. The Labute approximate surface area is 153 Å². The zero-order valence-electron chi connectivity index (χ0n) is 15.2. The van der Waals surface area contributed by atoms with Crippen LogP contribution in [0.15, 0.2) is 23.6 Å². The highest BCUT2D eigenvalue weighted by molar-refractivity contribution is 5.57. The molecular formula is C19H26N4O3. The van der Waals surface area contributed by atoms with Gasteiger partial charge in [0.1, 0.15) is 18.6 Å². The van der Waals surface area contributed by atoms with Gasteiger partial charge in [0.05, 0.1) is 31.5 Å². The molecular weight excluding hydrogens is 332 g/mol. The van der Waals surface area contributed by atoms with E-state index in [2.05, 4.69) is 26.6 Å². The summed E-state index contributed by atoms with van der Waals surface area (Å²) in [7, 11) is 0. The molecule has 7 heteroatoms. The average Bonchev–Trinajstić information content (AvgIpc) is 2.98.